The molecule has 0 saturated carbocycles. The molecule has 2 N–H and O–H groups in total. The Bertz CT molecular complexity index is 377. The van der Waals surface area contributed by atoms with Gasteiger partial charge in [-0.05, 0) is 24.1 Å². The van der Waals surface area contributed by atoms with Crippen LogP contribution in [0.25, 0.3) is 0 Å². The molecule has 0 aliphatic heterocycles. The standard InChI is InChI=1S/C16H23NO2/c1-3-7-15-8-5-6-9-16(15)19-14-13-18-12-11-17-10-4-2/h3-6,8-9,17H,1-2,7,10-14H2/p+1. The van der Waals surface area contributed by atoms with E-state index in [0.717, 1.165) is 37.4 Å². The third-order valence-corrected chi connectivity index (χ3v) is 2.62. The van der Waals surface area contributed by atoms with E-state index >= 15 is 0 Å². The highest BCUT2D eigenvalue weighted by molar-refractivity contribution is 5.34. The number of hydrogen-bond acceptors (Lipinski definition) is 2. The van der Waals surface area contributed by atoms with Crippen LogP contribution in [0, 0.1) is 0 Å². The van der Waals surface area contributed by atoms with Gasteiger partial charge in [0.25, 0.3) is 0 Å². The number of allylic oxidation sites excluding steroid dienone is 1. The van der Waals surface area contributed by atoms with Gasteiger partial charge in [-0.1, -0.05) is 30.9 Å². The molecule has 3 nitrogen and oxygen atoms in total. The Labute approximate surface area is 115 Å². The zero-order chi connectivity index (χ0) is 13.8. The van der Waals surface area contributed by atoms with Crippen LogP contribution >= 0.6 is 0 Å². The van der Waals surface area contributed by atoms with Gasteiger partial charge in [0.05, 0.1) is 26.3 Å². The molecule has 0 bridgehead atoms. The molecule has 0 aliphatic carbocycles. The number of benzene rings is 1. The number of nitrogens with two attached hydrogens (primary N) is 1. The molecule has 0 aromatic heterocycles. The Balaban J connectivity index is 2.15. The summed E-state index contributed by atoms with van der Waals surface area (Å²) in [7, 11) is 0. The van der Waals surface area contributed by atoms with Crippen molar-refractivity contribution in [3.05, 3.63) is 55.1 Å². The van der Waals surface area contributed by atoms with Gasteiger partial charge in [0, 0.05) is 0 Å². The molecule has 0 heterocycles. The number of quaternary nitrogens is 1. The van der Waals surface area contributed by atoms with Crippen molar-refractivity contribution in [1.29, 1.82) is 0 Å². The van der Waals surface area contributed by atoms with Crippen molar-refractivity contribution >= 4 is 0 Å². The summed E-state index contributed by atoms with van der Waals surface area (Å²) in [5.74, 6) is 0.921. The van der Waals surface area contributed by atoms with Gasteiger partial charge in [-0.25, -0.2) is 0 Å². The zero-order valence-electron chi connectivity index (χ0n) is 11.5. The SMILES string of the molecule is C=CC[NH2+]CCOCCOc1ccccc1CC=C. The van der Waals surface area contributed by atoms with E-state index in [4.69, 9.17) is 9.47 Å². The largest absolute Gasteiger partial charge is 0.491 e. The van der Waals surface area contributed by atoms with Crippen molar-refractivity contribution in [2.24, 2.45) is 0 Å². The highest BCUT2D eigenvalue weighted by atomic mass is 16.5. The lowest BCUT2D eigenvalue weighted by molar-refractivity contribution is -0.647. The topological polar surface area (TPSA) is 35.1 Å². The maximum Gasteiger partial charge on any atom is 0.122 e. The molecular weight excluding hydrogens is 238 g/mol. The molecule has 1 aromatic carbocycles. The highest BCUT2D eigenvalue weighted by Gasteiger charge is 2.00. The van der Waals surface area contributed by atoms with E-state index in [0.29, 0.717) is 13.2 Å². The summed E-state index contributed by atoms with van der Waals surface area (Å²) < 4.78 is 11.2. The first-order valence-electron chi connectivity index (χ1n) is 6.70. The van der Waals surface area contributed by atoms with Crippen molar-refractivity contribution in [1.82, 2.24) is 0 Å². The third-order valence-electron chi connectivity index (χ3n) is 2.62. The van der Waals surface area contributed by atoms with Crippen LogP contribution in [0.2, 0.25) is 0 Å². The van der Waals surface area contributed by atoms with Crippen molar-refractivity contribution in [3.63, 3.8) is 0 Å². The maximum absolute atomic E-state index is 5.72. The van der Waals surface area contributed by atoms with E-state index in [-0.39, 0.29) is 0 Å². The number of para-hydroxylation sites is 1. The highest BCUT2D eigenvalue weighted by Crippen LogP contribution is 2.18. The Morgan fingerprint density at radius 3 is 2.68 bits per heavy atom. The lowest BCUT2D eigenvalue weighted by Gasteiger charge is -2.10. The van der Waals surface area contributed by atoms with Gasteiger partial charge >= 0.3 is 0 Å². The molecule has 19 heavy (non-hydrogen) atoms. The Morgan fingerprint density at radius 2 is 1.89 bits per heavy atom. The first kappa shape index (κ1) is 15.5. The first-order chi connectivity index (χ1) is 9.38. The van der Waals surface area contributed by atoms with Crippen LogP contribution < -0.4 is 10.1 Å². The van der Waals surface area contributed by atoms with E-state index in [1.807, 2.05) is 30.4 Å². The van der Waals surface area contributed by atoms with Crippen molar-refractivity contribution in [3.8, 4) is 5.75 Å². The second-order valence-corrected chi connectivity index (χ2v) is 4.16. The van der Waals surface area contributed by atoms with Gasteiger partial charge in [0.15, 0.2) is 0 Å². The van der Waals surface area contributed by atoms with Crippen LogP contribution in [0.15, 0.2) is 49.6 Å². The molecule has 3 heteroatoms. The smallest absolute Gasteiger partial charge is 0.122 e. The fraction of sp³-hybridized carbons (Fsp3) is 0.375. The third kappa shape index (κ3) is 6.79. The van der Waals surface area contributed by atoms with E-state index in [9.17, 15) is 0 Å². The fourth-order valence-corrected chi connectivity index (χ4v) is 1.68. The predicted molar refractivity (Wildman–Crippen MR) is 78.5 cm³/mol. The van der Waals surface area contributed by atoms with Crippen molar-refractivity contribution in [2.45, 2.75) is 6.42 Å². The second-order valence-electron chi connectivity index (χ2n) is 4.16. The summed E-state index contributed by atoms with van der Waals surface area (Å²) in [5, 5.41) is 2.16. The summed E-state index contributed by atoms with van der Waals surface area (Å²) in [4.78, 5) is 0. The summed E-state index contributed by atoms with van der Waals surface area (Å²) in [5.41, 5.74) is 1.16. The minimum Gasteiger partial charge on any atom is -0.491 e. The van der Waals surface area contributed by atoms with Crippen LogP contribution in [0.5, 0.6) is 5.75 Å². The van der Waals surface area contributed by atoms with E-state index in [1.54, 1.807) is 0 Å². The van der Waals surface area contributed by atoms with Gasteiger partial charge in [0.1, 0.15) is 12.4 Å². The molecule has 0 amide bonds. The molecule has 0 saturated heterocycles. The van der Waals surface area contributed by atoms with Gasteiger partial charge in [-0.2, -0.15) is 0 Å². The van der Waals surface area contributed by atoms with Gasteiger partial charge in [-0.15, -0.1) is 6.58 Å². The first-order valence-corrected chi connectivity index (χ1v) is 6.70. The minimum absolute atomic E-state index is 0.579. The van der Waals surface area contributed by atoms with Gasteiger partial charge in [0.2, 0.25) is 0 Å². The van der Waals surface area contributed by atoms with Crippen LogP contribution in [0.3, 0.4) is 0 Å². The monoisotopic (exact) mass is 262 g/mol. The normalized spacial score (nSPS) is 10.1. The quantitative estimate of drug-likeness (QED) is 0.485. The number of ether oxygens (including phenoxy) is 2. The second kappa shape index (κ2) is 10.4. The minimum atomic E-state index is 0.579. The zero-order valence-corrected chi connectivity index (χ0v) is 11.5. The van der Waals surface area contributed by atoms with Crippen molar-refractivity contribution in [2.75, 3.05) is 32.9 Å². The van der Waals surface area contributed by atoms with Crippen LogP contribution in [-0.4, -0.2) is 32.9 Å². The molecule has 1 aromatic rings. The average Bonchev–Trinajstić information content (AvgIpc) is 2.44. The van der Waals surface area contributed by atoms with E-state index < -0.39 is 0 Å². The summed E-state index contributed by atoms with van der Waals surface area (Å²) in [6, 6.07) is 8.03. The summed E-state index contributed by atoms with van der Waals surface area (Å²) in [6.07, 6.45) is 4.60. The lowest BCUT2D eigenvalue weighted by Crippen LogP contribution is -2.84. The van der Waals surface area contributed by atoms with E-state index in [1.165, 1.54) is 0 Å². The molecule has 0 aliphatic rings. The Morgan fingerprint density at radius 1 is 1.05 bits per heavy atom. The number of rotatable bonds is 11. The van der Waals surface area contributed by atoms with Crippen LogP contribution in [-0.2, 0) is 11.2 Å². The summed E-state index contributed by atoms with van der Waals surface area (Å²) >= 11 is 0. The molecule has 0 atom stereocenters. The van der Waals surface area contributed by atoms with E-state index in [2.05, 4.69) is 24.5 Å². The average molecular weight is 262 g/mol. The van der Waals surface area contributed by atoms with Gasteiger partial charge < -0.3 is 14.8 Å². The molecule has 1 rings (SSSR count). The van der Waals surface area contributed by atoms with Crippen LogP contribution in [0.4, 0.5) is 0 Å². The lowest BCUT2D eigenvalue weighted by atomic mass is 10.1. The molecule has 0 unspecified atom stereocenters. The molecule has 0 fully saturated rings. The molecular formula is C16H24NO2+. The maximum atomic E-state index is 5.72. The fourth-order valence-electron chi connectivity index (χ4n) is 1.68. The van der Waals surface area contributed by atoms with Gasteiger partial charge in [-0.3, -0.25) is 0 Å². The van der Waals surface area contributed by atoms with Crippen LogP contribution in [0.1, 0.15) is 5.56 Å². The summed E-state index contributed by atoms with van der Waals surface area (Å²) in [6.45, 7) is 11.2. The number of hydrogen-bond donors (Lipinski definition) is 1. The molecule has 0 radical (unpaired) electrons. The van der Waals surface area contributed by atoms with Crippen molar-refractivity contribution < 1.29 is 14.8 Å². The predicted octanol–water partition coefficient (Wildman–Crippen LogP) is 1.56. The molecule has 104 valence electrons. The Kier molecular flexibility index (Phi) is 8.43. The Hall–Kier alpha value is -1.58. The molecule has 0 spiro atoms.